The van der Waals surface area contributed by atoms with Crippen LogP contribution in [-0.4, -0.2) is 4.98 Å². The SMILES string of the molecule is Clc1ccc2oc(/C=C/c3ccc(-c4cccc(Cl)c4Cl)o3)nc2c1. The van der Waals surface area contributed by atoms with Gasteiger partial charge in [-0.15, -0.1) is 0 Å². The molecular weight excluding hydrogens is 381 g/mol. The number of benzene rings is 2. The maximum atomic E-state index is 6.22. The summed E-state index contributed by atoms with van der Waals surface area (Å²) in [6.07, 6.45) is 3.50. The van der Waals surface area contributed by atoms with Gasteiger partial charge in [0.05, 0.1) is 10.0 Å². The molecule has 0 fully saturated rings. The summed E-state index contributed by atoms with van der Waals surface area (Å²) in [5.41, 5.74) is 2.12. The van der Waals surface area contributed by atoms with Crippen LogP contribution in [0.2, 0.25) is 15.1 Å². The van der Waals surface area contributed by atoms with E-state index >= 15 is 0 Å². The zero-order chi connectivity index (χ0) is 17.4. The van der Waals surface area contributed by atoms with Crippen molar-refractivity contribution in [3.63, 3.8) is 0 Å². The van der Waals surface area contributed by atoms with Gasteiger partial charge in [-0.2, -0.15) is 0 Å². The van der Waals surface area contributed by atoms with E-state index in [0.717, 1.165) is 5.56 Å². The van der Waals surface area contributed by atoms with Crippen molar-refractivity contribution in [1.82, 2.24) is 4.98 Å². The van der Waals surface area contributed by atoms with Crippen molar-refractivity contribution >= 4 is 58.1 Å². The van der Waals surface area contributed by atoms with E-state index in [0.29, 0.717) is 43.6 Å². The number of hydrogen-bond acceptors (Lipinski definition) is 3. The van der Waals surface area contributed by atoms with E-state index in [4.69, 9.17) is 43.6 Å². The molecule has 3 nitrogen and oxygen atoms in total. The molecule has 25 heavy (non-hydrogen) atoms. The van der Waals surface area contributed by atoms with Gasteiger partial charge in [-0.3, -0.25) is 0 Å². The molecule has 4 aromatic rings. The molecule has 0 saturated heterocycles. The first-order chi connectivity index (χ1) is 12.1. The van der Waals surface area contributed by atoms with Gasteiger partial charge in [0.1, 0.15) is 17.0 Å². The lowest BCUT2D eigenvalue weighted by atomic mass is 10.2. The van der Waals surface area contributed by atoms with Crippen molar-refractivity contribution in [3.8, 4) is 11.3 Å². The second kappa shape index (κ2) is 6.60. The molecule has 124 valence electrons. The van der Waals surface area contributed by atoms with E-state index < -0.39 is 0 Å². The maximum Gasteiger partial charge on any atom is 0.220 e. The summed E-state index contributed by atoms with van der Waals surface area (Å²) < 4.78 is 11.4. The molecule has 0 aliphatic carbocycles. The second-order valence-corrected chi connectivity index (χ2v) is 6.52. The minimum atomic E-state index is 0.463. The Morgan fingerprint density at radius 3 is 2.64 bits per heavy atom. The van der Waals surface area contributed by atoms with Crippen LogP contribution in [-0.2, 0) is 0 Å². The third-order valence-electron chi connectivity index (χ3n) is 3.60. The minimum Gasteiger partial charge on any atom is -0.457 e. The van der Waals surface area contributed by atoms with Crippen LogP contribution in [0, 0.1) is 0 Å². The highest BCUT2D eigenvalue weighted by Crippen LogP contribution is 2.34. The van der Waals surface area contributed by atoms with Crippen molar-refractivity contribution in [2.75, 3.05) is 0 Å². The fourth-order valence-electron chi connectivity index (χ4n) is 2.42. The van der Waals surface area contributed by atoms with Crippen LogP contribution in [0.4, 0.5) is 0 Å². The molecule has 0 N–H and O–H groups in total. The molecule has 0 radical (unpaired) electrons. The van der Waals surface area contributed by atoms with Gasteiger partial charge in [0.2, 0.25) is 5.89 Å². The smallest absolute Gasteiger partial charge is 0.220 e. The molecule has 4 rings (SSSR count). The zero-order valence-electron chi connectivity index (χ0n) is 12.7. The molecule has 0 aliphatic heterocycles. The Kier molecular flexibility index (Phi) is 4.30. The molecule has 2 aromatic heterocycles. The number of furan rings is 1. The standard InChI is InChI=1S/C19H10Cl3NO2/c20-11-4-7-17-15(10-11)23-18(25-17)9-6-12-5-8-16(24-12)13-2-1-3-14(21)19(13)22/h1-10H/b9-6+. The average molecular weight is 391 g/mol. The van der Waals surface area contributed by atoms with Gasteiger partial charge >= 0.3 is 0 Å². The Labute approximate surface area is 158 Å². The number of rotatable bonds is 3. The monoisotopic (exact) mass is 389 g/mol. The first-order valence-electron chi connectivity index (χ1n) is 7.38. The topological polar surface area (TPSA) is 39.2 Å². The lowest BCUT2D eigenvalue weighted by Crippen LogP contribution is -1.77. The fraction of sp³-hybridized carbons (Fsp3) is 0. The van der Waals surface area contributed by atoms with Gasteiger partial charge in [-0.1, -0.05) is 40.9 Å². The number of nitrogens with zero attached hydrogens (tertiary/aromatic N) is 1. The quantitative estimate of drug-likeness (QED) is 0.371. The van der Waals surface area contributed by atoms with Crippen molar-refractivity contribution in [1.29, 1.82) is 0 Å². The van der Waals surface area contributed by atoms with Gasteiger partial charge in [0.25, 0.3) is 0 Å². The summed E-state index contributed by atoms with van der Waals surface area (Å²) >= 11 is 18.2. The van der Waals surface area contributed by atoms with Crippen LogP contribution in [0.5, 0.6) is 0 Å². The van der Waals surface area contributed by atoms with E-state index in [1.54, 1.807) is 36.4 Å². The van der Waals surface area contributed by atoms with Crippen LogP contribution >= 0.6 is 34.8 Å². The molecule has 2 heterocycles. The first-order valence-corrected chi connectivity index (χ1v) is 8.52. The van der Waals surface area contributed by atoms with Gasteiger partial charge < -0.3 is 8.83 Å². The van der Waals surface area contributed by atoms with E-state index in [1.807, 2.05) is 24.3 Å². The summed E-state index contributed by atoms with van der Waals surface area (Å²) in [4.78, 5) is 4.36. The van der Waals surface area contributed by atoms with Crippen molar-refractivity contribution in [3.05, 3.63) is 75.2 Å². The Morgan fingerprint density at radius 1 is 0.880 bits per heavy atom. The molecule has 0 amide bonds. The predicted octanol–water partition coefficient (Wildman–Crippen LogP) is 7.22. The largest absolute Gasteiger partial charge is 0.457 e. The third kappa shape index (κ3) is 3.31. The Hall–Kier alpha value is -2.20. The van der Waals surface area contributed by atoms with Gasteiger partial charge in [-0.05, 0) is 48.5 Å². The molecular formula is C19H10Cl3NO2. The summed E-state index contributed by atoms with van der Waals surface area (Å²) in [5, 5.41) is 1.56. The normalized spacial score (nSPS) is 11.6. The number of hydrogen-bond donors (Lipinski definition) is 0. The van der Waals surface area contributed by atoms with Crippen LogP contribution in [0.25, 0.3) is 34.6 Å². The van der Waals surface area contributed by atoms with Crippen LogP contribution in [0.3, 0.4) is 0 Å². The Morgan fingerprint density at radius 2 is 1.76 bits per heavy atom. The molecule has 0 bridgehead atoms. The molecule has 6 heteroatoms. The van der Waals surface area contributed by atoms with Crippen LogP contribution in [0.1, 0.15) is 11.7 Å². The van der Waals surface area contributed by atoms with Crippen LogP contribution in [0.15, 0.2) is 57.4 Å². The lowest BCUT2D eigenvalue weighted by molar-refractivity contribution is 0.570. The molecule has 0 unspecified atom stereocenters. The maximum absolute atomic E-state index is 6.22. The molecule has 2 aromatic carbocycles. The van der Waals surface area contributed by atoms with Gasteiger partial charge in [0, 0.05) is 16.7 Å². The average Bonchev–Trinajstić information content (AvgIpc) is 3.21. The predicted molar refractivity (Wildman–Crippen MR) is 102 cm³/mol. The van der Waals surface area contributed by atoms with E-state index in [9.17, 15) is 0 Å². The van der Waals surface area contributed by atoms with Crippen molar-refractivity contribution in [2.45, 2.75) is 0 Å². The second-order valence-electron chi connectivity index (χ2n) is 5.30. The van der Waals surface area contributed by atoms with Gasteiger partial charge in [-0.25, -0.2) is 4.98 Å². The third-order valence-corrected chi connectivity index (χ3v) is 4.65. The highest BCUT2D eigenvalue weighted by molar-refractivity contribution is 6.43. The zero-order valence-corrected chi connectivity index (χ0v) is 14.9. The molecule has 0 spiro atoms. The summed E-state index contributed by atoms with van der Waals surface area (Å²) in [7, 11) is 0. The van der Waals surface area contributed by atoms with Crippen LogP contribution < -0.4 is 0 Å². The molecule has 0 aliphatic rings. The van der Waals surface area contributed by atoms with Gasteiger partial charge in [0.15, 0.2) is 5.58 Å². The number of fused-ring (bicyclic) bond motifs is 1. The molecule has 0 atom stereocenters. The van der Waals surface area contributed by atoms with E-state index in [-0.39, 0.29) is 0 Å². The van der Waals surface area contributed by atoms with Crippen molar-refractivity contribution < 1.29 is 8.83 Å². The van der Waals surface area contributed by atoms with E-state index in [1.165, 1.54) is 0 Å². The van der Waals surface area contributed by atoms with E-state index in [2.05, 4.69) is 4.98 Å². The first kappa shape index (κ1) is 16.3. The van der Waals surface area contributed by atoms with Crippen molar-refractivity contribution in [2.24, 2.45) is 0 Å². The number of oxazole rings is 1. The Bertz CT molecular complexity index is 1100. The summed E-state index contributed by atoms with van der Waals surface area (Å²) in [6, 6.07) is 14.4. The molecule has 0 saturated carbocycles. The summed E-state index contributed by atoms with van der Waals surface area (Å²) in [5.74, 6) is 1.75. The Balaban J connectivity index is 1.61. The minimum absolute atomic E-state index is 0.463. The lowest BCUT2D eigenvalue weighted by Gasteiger charge is -2.01. The number of aromatic nitrogens is 1. The highest BCUT2D eigenvalue weighted by Gasteiger charge is 2.10. The highest BCUT2D eigenvalue weighted by atomic mass is 35.5. The summed E-state index contributed by atoms with van der Waals surface area (Å²) in [6.45, 7) is 0. The fourth-order valence-corrected chi connectivity index (χ4v) is 2.98. The number of halogens is 3.